The first-order valence-electron chi connectivity index (χ1n) is 7.73. The minimum atomic E-state index is -0.803. The Labute approximate surface area is 119 Å². The largest absolute Gasteiger partial charge is 0.478 e. The number of nitrogens with two attached hydrogens (primary N) is 1. The van der Waals surface area contributed by atoms with Gasteiger partial charge in [0.05, 0.1) is 5.56 Å². The van der Waals surface area contributed by atoms with Gasteiger partial charge in [0.1, 0.15) is 0 Å². The summed E-state index contributed by atoms with van der Waals surface area (Å²) in [5, 5.41) is 9.45. The zero-order valence-corrected chi connectivity index (χ0v) is 11.5. The van der Waals surface area contributed by atoms with Gasteiger partial charge in [-0.05, 0) is 66.9 Å². The standard InChI is InChI=1S/C17H21NO2/c18-16-11-6-9-5-10(8-11)15(14(16)7-9)12-3-1-2-4-13(12)17(19)20/h1-4,9-11,14-16H,5-8,18H2,(H,19,20). The van der Waals surface area contributed by atoms with Crippen LogP contribution < -0.4 is 5.73 Å². The van der Waals surface area contributed by atoms with Crippen LogP contribution in [0.15, 0.2) is 24.3 Å². The van der Waals surface area contributed by atoms with Gasteiger partial charge < -0.3 is 10.8 Å². The van der Waals surface area contributed by atoms with Gasteiger partial charge in [-0.2, -0.15) is 0 Å². The highest BCUT2D eigenvalue weighted by atomic mass is 16.4. The molecule has 0 amide bonds. The third-order valence-corrected chi connectivity index (χ3v) is 6.04. The molecule has 1 aromatic rings. The Balaban J connectivity index is 1.77. The molecule has 20 heavy (non-hydrogen) atoms. The van der Waals surface area contributed by atoms with Crippen molar-refractivity contribution in [1.29, 1.82) is 0 Å². The van der Waals surface area contributed by atoms with Crippen molar-refractivity contribution < 1.29 is 9.90 Å². The second kappa shape index (κ2) is 4.32. The smallest absolute Gasteiger partial charge is 0.335 e. The lowest BCUT2D eigenvalue weighted by molar-refractivity contribution is -0.0213. The number of hydrogen-bond donors (Lipinski definition) is 2. The van der Waals surface area contributed by atoms with Crippen LogP contribution in [0.5, 0.6) is 0 Å². The molecular formula is C17H21NO2. The topological polar surface area (TPSA) is 63.3 Å². The Morgan fingerprint density at radius 2 is 1.85 bits per heavy atom. The van der Waals surface area contributed by atoms with Crippen LogP contribution in [-0.2, 0) is 0 Å². The lowest BCUT2D eigenvalue weighted by Gasteiger charge is -2.57. The Kier molecular flexibility index (Phi) is 2.68. The summed E-state index contributed by atoms with van der Waals surface area (Å²) in [4.78, 5) is 11.5. The summed E-state index contributed by atoms with van der Waals surface area (Å²) in [6.07, 6.45) is 4.99. The fourth-order valence-electron chi connectivity index (χ4n) is 5.43. The summed E-state index contributed by atoms with van der Waals surface area (Å²) < 4.78 is 0. The lowest BCUT2D eigenvalue weighted by Crippen LogP contribution is -2.56. The first kappa shape index (κ1) is 12.4. The zero-order chi connectivity index (χ0) is 13.9. The highest BCUT2D eigenvalue weighted by Gasteiger charge is 2.53. The highest BCUT2D eigenvalue weighted by molar-refractivity contribution is 5.89. The van der Waals surface area contributed by atoms with E-state index in [-0.39, 0.29) is 6.04 Å². The van der Waals surface area contributed by atoms with E-state index >= 15 is 0 Å². The third kappa shape index (κ3) is 1.65. The Bertz CT molecular complexity index is 556. The molecule has 0 radical (unpaired) electrons. The van der Waals surface area contributed by atoms with Gasteiger partial charge >= 0.3 is 5.97 Å². The summed E-state index contributed by atoms with van der Waals surface area (Å²) in [5.74, 6) is 2.24. The number of aromatic carboxylic acids is 1. The SMILES string of the molecule is NC1C2CC3CC(C2)C(c2ccccc2C(=O)O)C1C3. The first-order chi connectivity index (χ1) is 9.65. The van der Waals surface area contributed by atoms with Crippen LogP contribution in [0.3, 0.4) is 0 Å². The number of carboxylic acids is 1. The monoisotopic (exact) mass is 271 g/mol. The van der Waals surface area contributed by atoms with Gasteiger partial charge in [0.25, 0.3) is 0 Å². The van der Waals surface area contributed by atoms with Gasteiger partial charge in [-0.25, -0.2) is 4.79 Å². The summed E-state index contributed by atoms with van der Waals surface area (Å²) in [7, 11) is 0. The fraction of sp³-hybridized carbons (Fsp3) is 0.588. The van der Waals surface area contributed by atoms with Gasteiger partial charge in [-0.15, -0.1) is 0 Å². The van der Waals surface area contributed by atoms with E-state index in [9.17, 15) is 9.90 Å². The van der Waals surface area contributed by atoms with Crippen LogP contribution in [0, 0.1) is 23.7 Å². The molecule has 3 N–H and O–H groups in total. The normalized spacial score (nSPS) is 41.9. The van der Waals surface area contributed by atoms with E-state index < -0.39 is 5.97 Å². The molecule has 4 aliphatic rings. The molecule has 4 aliphatic carbocycles. The summed E-state index contributed by atoms with van der Waals surface area (Å²) in [6, 6.07) is 7.83. The number of hydrogen-bond acceptors (Lipinski definition) is 2. The Morgan fingerprint density at radius 1 is 1.10 bits per heavy atom. The average molecular weight is 271 g/mol. The van der Waals surface area contributed by atoms with Gasteiger partial charge in [-0.1, -0.05) is 18.2 Å². The molecule has 1 aromatic carbocycles. The molecule has 0 aliphatic heterocycles. The number of benzene rings is 1. The minimum Gasteiger partial charge on any atom is -0.478 e. The summed E-state index contributed by atoms with van der Waals surface area (Å²) >= 11 is 0. The quantitative estimate of drug-likeness (QED) is 0.869. The molecular weight excluding hydrogens is 250 g/mol. The van der Waals surface area contributed by atoms with E-state index in [1.165, 1.54) is 25.7 Å². The fourth-order valence-corrected chi connectivity index (χ4v) is 5.43. The maximum absolute atomic E-state index is 11.5. The molecule has 3 heteroatoms. The van der Waals surface area contributed by atoms with Crippen LogP contribution in [0.2, 0.25) is 0 Å². The molecule has 5 rings (SSSR count). The molecule has 4 saturated carbocycles. The van der Waals surface area contributed by atoms with Crippen molar-refractivity contribution in [2.75, 3.05) is 0 Å². The molecule has 3 nitrogen and oxygen atoms in total. The highest BCUT2D eigenvalue weighted by Crippen LogP contribution is 2.59. The first-order valence-corrected chi connectivity index (χ1v) is 7.73. The van der Waals surface area contributed by atoms with Gasteiger partial charge in [0.15, 0.2) is 0 Å². The maximum atomic E-state index is 11.5. The predicted molar refractivity (Wildman–Crippen MR) is 76.5 cm³/mol. The van der Waals surface area contributed by atoms with Crippen molar-refractivity contribution in [3.05, 3.63) is 35.4 Å². The number of carboxylic acid groups (broad SMARTS) is 1. The zero-order valence-electron chi connectivity index (χ0n) is 11.5. The molecule has 6 unspecified atom stereocenters. The second-order valence-electron chi connectivity index (χ2n) is 6.99. The average Bonchev–Trinajstić information content (AvgIpc) is 2.44. The van der Waals surface area contributed by atoms with E-state index in [1.807, 2.05) is 18.2 Å². The van der Waals surface area contributed by atoms with Crippen LogP contribution >= 0.6 is 0 Å². The van der Waals surface area contributed by atoms with Crippen LogP contribution in [0.1, 0.15) is 47.5 Å². The minimum absolute atomic E-state index is 0.273. The number of carbonyl (C=O) groups is 1. The van der Waals surface area contributed by atoms with Crippen molar-refractivity contribution >= 4 is 5.97 Å². The Hall–Kier alpha value is -1.35. The van der Waals surface area contributed by atoms with Gasteiger partial charge in [0.2, 0.25) is 0 Å². The van der Waals surface area contributed by atoms with Crippen LogP contribution in [0.25, 0.3) is 0 Å². The summed E-state index contributed by atoms with van der Waals surface area (Å²) in [6.45, 7) is 0. The molecule has 0 saturated heterocycles. The van der Waals surface area contributed by atoms with Crippen LogP contribution in [0.4, 0.5) is 0 Å². The van der Waals surface area contributed by atoms with Crippen molar-refractivity contribution in [2.24, 2.45) is 29.4 Å². The second-order valence-corrected chi connectivity index (χ2v) is 6.99. The number of rotatable bonds is 2. The van der Waals surface area contributed by atoms with E-state index in [2.05, 4.69) is 0 Å². The predicted octanol–water partition coefficient (Wildman–Crippen LogP) is 2.86. The van der Waals surface area contributed by atoms with E-state index in [4.69, 9.17) is 5.73 Å². The third-order valence-electron chi connectivity index (χ3n) is 6.04. The molecule has 4 fully saturated rings. The van der Waals surface area contributed by atoms with Crippen LogP contribution in [-0.4, -0.2) is 17.1 Å². The molecule has 0 heterocycles. The van der Waals surface area contributed by atoms with Crippen molar-refractivity contribution in [2.45, 2.75) is 37.6 Å². The lowest BCUT2D eigenvalue weighted by atomic mass is 9.48. The van der Waals surface area contributed by atoms with Gasteiger partial charge in [-0.3, -0.25) is 0 Å². The molecule has 106 valence electrons. The Morgan fingerprint density at radius 3 is 2.65 bits per heavy atom. The van der Waals surface area contributed by atoms with E-state index in [0.29, 0.717) is 29.2 Å². The van der Waals surface area contributed by atoms with E-state index in [1.54, 1.807) is 6.07 Å². The van der Waals surface area contributed by atoms with Crippen molar-refractivity contribution in [1.82, 2.24) is 0 Å². The summed E-state index contributed by atoms with van der Waals surface area (Å²) in [5.41, 5.74) is 7.99. The molecule has 6 atom stereocenters. The van der Waals surface area contributed by atoms with E-state index in [0.717, 1.165) is 11.5 Å². The van der Waals surface area contributed by atoms with Crippen molar-refractivity contribution in [3.8, 4) is 0 Å². The maximum Gasteiger partial charge on any atom is 0.335 e. The van der Waals surface area contributed by atoms with Gasteiger partial charge in [0, 0.05) is 6.04 Å². The molecule has 0 spiro atoms. The molecule has 0 aromatic heterocycles. The molecule has 4 bridgehead atoms. The van der Waals surface area contributed by atoms with Crippen molar-refractivity contribution in [3.63, 3.8) is 0 Å².